The maximum atomic E-state index is 11.8. The lowest BCUT2D eigenvalue weighted by Crippen LogP contribution is -2.57. The Bertz CT molecular complexity index is 393. The second kappa shape index (κ2) is 4.03. The summed E-state index contributed by atoms with van der Waals surface area (Å²) in [5.74, 6) is -0.333. The number of thiazole rings is 1. The van der Waals surface area contributed by atoms with Crippen molar-refractivity contribution in [3.05, 3.63) is 11.1 Å². The molecule has 1 rings (SSSR count). The topological polar surface area (TPSA) is 88.2 Å². The van der Waals surface area contributed by atoms with E-state index < -0.39 is 11.1 Å². The molecule has 6 heteroatoms. The number of carbonyl (C=O) groups excluding carboxylic acids is 1. The Kier molecular flexibility index (Phi) is 3.25. The fraction of sp³-hybridized carbons (Fsp3) is 0.600. The normalized spacial score (nSPS) is 12.6. The highest BCUT2D eigenvalue weighted by atomic mass is 32.1. The minimum atomic E-state index is -1.02. The first-order valence-electron chi connectivity index (χ1n) is 4.89. The zero-order valence-corrected chi connectivity index (χ0v) is 10.7. The molecule has 0 aliphatic rings. The lowest BCUT2D eigenvalue weighted by atomic mass is 9.86. The van der Waals surface area contributed by atoms with E-state index in [1.807, 2.05) is 0 Å². The number of amides is 1. The van der Waals surface area contributed by atoms with Crippen molar-refractivity contribution in [3.8, 4) is 0 Å². The largest absolute Gasteiger partial charge is 0.388 e. The Morgan fingerprint density at radius 2 is 2.06 bits per heavy atom. The van der Waals surface area contributed by atoms with Crippen LogP contribution >= 0.6 is 11.3 Å². The molecule has 0 aromatic carbocycles. The van der Waals surface area contributed by atoms with E-state index in [0.717, 1.165) is 0 Å². The smallest absolute Gasteiger partial charge is 0.271 e. The summed E-state index contributed by atoms with van der Waals surface area (Å²) < 4.78 is 0. The highest BCUT2D eigenvalue weighted by molar-refractivity contribution is 7.13. The van der Waals surface area contributed by atoms with E-state index in [9.17, 15) is 9.90 Å². The zero-order chi connectivity index (χ0) is 12.6. The van der Waals surface area contributed by atoms with E-state index >= 15 is 0 Å². The van der Waals surface area contributed by atoms with Crippen molar-refractivity contribution < 1.29 is 9.90 Å². The molecule has 0 spiro atoms. The number of nitrogens with two attached hydrogens (primary N) is 1. The van der Waals surface area contributed by atoms with Crippen LogP contribution in [0.1, 0.15) is 38.2 Å². The number of hydrogen-bond acceptors (Lipinski definition) is 5. The van der Waals surface area contributed by atoms with Gasteiger partial charge in [0.05, 0.1) is 11.1 Å². The summed E-state index contributed by atoms with van der Waals surface area (Å²) in [5, 5.41) is 14.6. The van der Waals surface area contributed by atoms with Gasteiger partial charge in [-0.1, -0.05) is 0 Å². The number of nitrogen functional groups attached to an aromatic ring is 1. The Morgan fingerprint density at radius 1 is 1.50 bits per heavy atom. The molecule has 0 saturated heterocycles. The van der Waals surface area contributed by atoms with Crippen molar-refractivity contribution in [1.82, 2.24) is 10.3 Å². The van der Waals surface area contributed by atoms with E-state index in [2.05, 4.69) is 10.3 Å². The Morgan fingerprint density at radius 3 is 2.44 bits per heavy atom. The lowest BCUT2D eigenvalue weighted by Gasteiger charge is -2.37. The maximum absolute atomic E-state index is 11.8. The molecule has 0 fully saturated rings. The number of anilines is 1. The van der Waals surface area contributed by atoms with Crippen molar-refractivity contribution in [1.29, 1.82) is 0 Å². The van der Waals surface area contributed by atoms with Gasteiger partial charge in [0.25, 0.3) is 5.91 Å². The Balaban J connectivity index is 2.79. The third-order valence-corrected chi connectivity index (χ3v) is 3.38. The van der Waals surface area contributed by atoms with Crippen LogP contribution in [0.5, 0.6) is 0 Å². The average Bonchev–Trinajstić information content (AvgIpc) is 2.48. The molecule has 1 amide bonds. The number of nitrogens with zero attached hydrogens (tertiary/aromatic N) is 1. The van der Waals surface area contributed by atoms with Crippen LogP contribution in [0.25, 0.3) is 0 Å². The minimum Gasteiger partial charge on any atom is -0.388 e. The standard InChI is InChI=1S/C10H17N3O2S/c1-9(2,10(3,4)15)13-7(14)6-5-16-8(11)12-6/h5,15H,1-4H3,(H2,11,12)(H,13,14). The summed E-state index contributed by atoms with van der Waals surface area (Å²) in [5.41, 5.74) is 3.95. The molecule has 0 aliphatic carbocycles. The van der Waals surface area contributed by atoms with Crippen LogP contribution in [0.4, 0.5) is 5.13 Å². The third kappa shape index (κ3) is 2.70. The summed E-state index contributed by atoms with van der Waals surface area (Å²) in [6, 6.07) is 0. The second-order valence-electron chi connectivity index (χ2n) is 4.71. The molecule has 4 N–H and O–H groups in total. The number of aromatic nitrogens is 1. The van der Waals surface area contributed by atoms with Gasteiger partial charge in [-0.2, -0.15) is 0 Å². The number of hydrogen-bond donors (Lipinski definition) is 3. The fourth-order valence-electron chi connectivity index (χ4n) is 0.893. The van der Waals surface area contributed by atoms with E-state index in [-0.39, 0.29) is 11.6 Å². The van der Waals surface area contributed by atoms with Crippen molar-refractivity contribution in [2.45, 2.75) is 38.8 Å². The summed E-state index contributed by atoms with van der Waals surface area (Å²) in [6.45, 7) is 6.78. The predicted molar refractivity (Wildman–Crippen MR) is 64.4 cm³/mol. The van der Waals surface area contributed by atoms with E-state index in [1.165, 1.54) is 11.3 Å². The van der Waals surface area contributed by atoms with Crippen molar-refractivity contribution >= 4 is 22.4 Å². The van der Waals surface area contributed by atoms with Gasteiger partial charge < -0.3 is 16.2 Å². The molecule has 0 unspecified atom stereocenters. The van der Waals surface area contributed by atoms with Gasteiger partial charge in [-0.05, 0) is 27.7 Å². The van der Waals surface area contributed by atoms with Crippen molar-refractivity contribution in [2.24, 2.45) is 0 Å². The summed E-state index contributed by atoms with van der Waals surface area (Å²) in [4.78, 5) is 15.7. The van der Waals surface area contributed by atoms with Crippen molar-refractivity contribution in [3.63, 3.8) is 0 Å². The highest BCUT2D eigenvalue weighted by Gasteiger charge is 2.36. The first-order chi connectivity index (χ1) is 7.13. The van der Waals surface area contributed by atoms with Crippen molar-refractivity contribution in [2.75, 3.05) is 5.73 Å². The molecule has 5 nitrogen and oxygen atoms in total. The van der Waals surface area contributed by atoms with Gasteiger partial charge in [0, 0.05) is 5.38 Å². The fourth-order valence-corrected chi connectivity index (χ4v) is 1.44. The number of nitrogens with one attached hydrogen (secondary N) is 1. The molecule has 16 heavy (non-hydrogen) atoms. The van der Waals surface area contributed by atoms with Crippen LogP contribution in [0.3, 0.4) is 0 Å². The molecule has 1 heterocycles. The second-order valence-corrected chi connectivity index (χ2v) is 5.60. The Labute approximate surface area is 98.7 Å². The molecular formula is C10H17N3O2S. The first-order valence-corrected chi connectivity index (χ1v) is 5.77. The van der Waals surface area contributed by atoms with Gasteiger partial charge in [0.1, 0.15) is 5.69 Å². The molecule has 0 aliphatic heterocycles. The predicted octanol–water partition coefficient (Wildman–Crippen LogP) is 1.00. The van der Waals surface area contributed by atoms with E-state index in [1.54, 1.807) is 33.1 Å². The molecule has 0 radical (unpaired) electrons. The third-order valence-electron chi connectivity index (χ3n) is 2.71. The maximum Gasteiger partial charge on any atom is 0.271 e. The van der Waals surface area contributed by atoms with Crippen LogP contribution in [-0.2, 0) is 0 Å². The van der Waals surface area contributed by atoms with Crippen LogP contribution < -0.4 is 11.1 Å². The average molecular weight is 243 g/mol. The van der Waals surface area contributed by atoms with Crippen LogP contribution in [-0.4, -0.2) is 27.1 Å². The van der Waals surface area contributed by atoms with Crippen LogP contribution in [0.15, 0.2) is 5.38 Å². The molecular weight excluding hydrogens is 226 g/mol. The number of carbonyl (C=O) groups is 1. The van der Waals surface area contributed by atoms with Gasteiger partial charge >= 0.3 is 0 Å². The van der Waals surface area contributed by atoms with E-state index in [4.69, 9.17) is 5.73 Å². The van der Waals surface area contributed by atoms with Crippen LogP contribution in [0.2, 0.25) is 0 Å². The van der Waals surface area contributed by atoms with Gasteiger partial charge in [0.15, 0.2) is 5.13 Å². The molecule has 0 saturated carbocycles. The van der Waals surface area contributed by atoms with Gasteiger partial charge in [-0.25, -0.2) is 4.98 Å². The Hall–Kier alpha value is -1.14. The molecule has 90 valence electrons. The SMILES string of the molecule is CC(C)(O)C(C)(C)NC(=O)c1csc(N)n1. The number of aliphatic hydroxyl groups is 1. The first kappa shape index (κ1) is 12.9. The zero-order valence-electron chi connectivity index (χ0n) is 9.87. The quantitative estimate of drug-likeness (QED) is 0.739. The minimum absolute atomic E-state index is 0.278. The molecule has 1 aromatic heterocycles. The van der Waals surface area contributed by atoms with Gasteiger partial charge in [-0.3, -0.25) is 4.79 Å². The van der Waals surface area contributed by atoms with Gasteiger partial charge in [0.2, 0.25) is 0 Å². The number of rotatable bonds is 3. The lowest BCUT2D eigenvalue weighted by molar-refractivity contribution is -0.00300. The monoisotopic (exact) mass is 243 g/mol. The molecule has 0 atom stereocenters. The van der Waals surface area contributed by atoms with Crippen LogP contribution in [0, 0.1) is 0 Å². The highest BCUT2D eigenvalue weighted by Crippen LogP contribution is 2.21. The molecule has 0 bridgehead atoms. The van der Waals surface area contributed by atoms with Gasteiger partial charge in [-0.15, -0.1) is 11.3 Å². The summed E-state index contributed by atoms with van der Waals surface area (Å²) in [6.07, 6.45) is 0. The van der Waals surface area contributed by atoms with E-state index in [0.29, 0.717) is 5.13 Å². The summed E-state index contributed by atoms with van der Waals surface area (Å²) in [7, 11) is 0. The summed E-state index contributed by atoms with van der Waals surface area (Å²) >= 11 is 1.21. The molecule has 1 aromatic rings.